The van der Waals surface area contributed by atoms with Gasteiger partial charge in [0.2, 0.25) is 5.91 Å². The Hall–Kier alpha value is -3.23. The fourth-order valence-electron chi connectivity index (χ4n) is 3.58. The zero-order valence-corrected chi connectivity index (χ0v) is 19.6. The lowest BCUT2D eigenvalue weighted by Crippen LogP contribution is -2.44. The van der Waals surface area contributed by atoms with Gasteiger partial charge in [-0.05, 0) is 54.7 Å². The van der Waals surface area contributed by atoms with E-state index in [1.807, 2.05) is 23.1 Å². The molecular formula is C25H30F3N3O3. The second-order valence-corrected chi connectivity index (χ2v) is 8.62. The van der Waals surface area contributed by atoms with Gasteiger partial charge in [-0.25, -0.2) is 4.98 Å². The van der Waals surface area contributed by atoms with Crippen LogP contribution in [0.1, 0.15) is 37.8 Å². The van der Waals surface area contributed by atoms with Crippen LogP contribution in [0.5, 0.6) is 11.5 Å². The summed E-state index contributed by atoms with van der Waals surface area (Å²) in [5, 5.41) is 2.99. The van der Waals surface area contributed by atoms with E-state index in [1.54, 1.807) is 13.2 Å². The maximum atomic E-state index is 12.7. The van der Waals surface area contributed by atoms with Gasteiger partial charge in [0.05, 0.1) is 19.3 Å². The fourth-order valence-corrected chi connectivity index (χ4v) is 3.58. The highest BCUT2D eigenvalue weighted by Crippen LogP contribution is 2.30. The van der Waals surface area contributed by atoms with Crippen molar-refractivity contribution < 1.29 is 27.4 Å². The molecule has 184 valence electrons. The smallest absolute Gasteiger partial charge is 0.417 e. The third-order valence-electron chi connectivity index (χ3n) is 5.43. The number of methoxy groups -OCH3 is 1. The van der Waals surface area contributed by atoms with Crippen molar-refractivity contribution >= 4 is 17.8 Å². The molecule has 1 saturated heterocycles. The Balaban J connectivity index is 1.49. The van der Waals surface area contributed by atoms with E-state index in [0.29, 0.717) is 55.8 Å². The normalized spacial score (nSPS) is 15.1. The molecule has 1 N–H and O–H groups in total. The van der Waals surface area contributed by atoms with Crippen molar-refractivity contribution in [3.05, 3.63) is 53.7 Å². The van der Waals surface area contributed by atoms with Crippen LogP contribution in [0.15, 0.2) is 42.6 Å². The number of hydrogen-bond donors (Lipinski definition) is 1. The fraction of sp³-hybridized carbons (Fsp3) is 0.440. The highest BCUT2D eigenvalue weighted by molar-refractivity contribution is 5.92. The number of benzene rings is 1. The molecule has 3 rings (SSSR count). The SMILES string of the molecule is COc1cc(/C=C/C(=O)NC2CCN(c3ccc(C(F)(F)F)cn3)CC2)ccc1OCC(C)C. The van der Waals surface area contributed by atoms with Crippen molar-refractivity contribution in [2.45, 2.75) is 38.9 Å². The third kappa shape index (κ3) is 7.13. The number of hydrogen-bond acceptors (Lipinski definition) is 5. The highest BCUT2D eigenvalue weighted by atomic mass is 19.4. The lowest BCUT2D eigenvalue weighted by atomic mass is 10.0. The molecule has 0 unspecified atom stereocenters. The van der Waals surface area contributed by atoms with E-state index < -0.39 is 11.7 Å². The Labute approximate surface area is 197 Å². The van der Waals surface area contributed by atoms with E-state index in [0.717, 1.165) is 17.8 Å². The van der Waals surface area contributed by atoms with Gasteiger partial charge in [-0.1, -0.05) is 19.9 Å². The maximum Gasteiger partial charge on any atom is 0.417 e. The minimum absolute atomic E-state index is 0.0100. The summed E-state index contributed by atoms with van der Waals surface area (Å²) in [6, 6.07) is 7.91. The number of rotatable bonds is 8. The van der Waals surface area contributed by atoms with Gasteiger partial charge in [-0.2, -0.15) is 13.2 Å². The Kier molecular flexibility index (Phi) is 8.41. The minimum Gasteiger partial charge on any atom is -0.493 e. The number of halogens is 3. The van der Waals surface area contributed by atoms with Crippen LogP contribution in [-0.4, -0.2) is 43.7 Å². The summed E-state index contributed by atoms with van der Waals surface area (Å²) in [6.45, 7) is 5.92. The quantitative estimate of drug-likeness (QED) is 0.546. The lowest BCUT2D eigenvalue weighted by Gasteiger charge is -2.33. The first-order valence-corrected chi connectivity index (χ1v) is 11.2. The Morgan fingerprint density at radius 3 is 2.53 bits per heavy atom. The van der Waals surface area contributed by atoms with Crippen molar-refractivity contribution in [1.82, 2.24) is 10.3 Å². The first-order chi connectivity index (χ1) is 16.2. The maximum absolute atomic E-state index is 12.7. The van der Waals surface area contributed by atoms with Gasteiger partial charge >= 0.3 is 6.18 Å². The van der Waals surface area contributed by atoms with Crippen LogP contribution in [0, 0.1) is 5.92 Å². The summed E-state index contributed by atoms with van der Waals surface area (Å²) in [7, 11) is 1.57. The van der Waals surface area contributed by atoms with E-state index in [4.69, 9.17) is 9.47 Å². The zero-order chi connectivity index (χ0) is 24.7. The summed E-state index contributed by atoms with van der Waals surface area (Å²) in [5.41, 5.74) is 0.0487. The third-order valence-corrected chi connectivity index (χ3v) is 5.43. The van der Waals surface area contributed by atoms with E-state index in [9.17, 15) is 18.0 Å². The molecule has 6 nitrogen and oxygen atoms in total. The number of carbonyl (C=O) groups is 1. The second kappa shape index (κ2) is 11.3. The first-order valence-electron chi connectivity index (χ1n) is 11.2. The van der Waals surface area contributed by atoms with E-state index in [1.165, 1.54) is 12.1 Å². The molecule has 2 aromatic rings. The largest absolute Gasteiger partial charge is 0.493 e. The molecule has 0 saturated carbocycles. The van der Waals surface area contributed by atoms with Gasteiger partial charge in [0.1, 0.15) is 5.82 Å². The molecule has 2 heterocycles. The molecular weight excluding hydrogens is 447 g/mol. The molecule has 0 radical (unpaired) electrons. The monoisotopic (exact) mass is 477 g/mol. The number of nitrogens with zero attached hydrogens (tertiary/aromatic N) is 2. The van der Waals surface area contributed by atoms with Crippen LogP contribution >= 0.6 is 0 Å². The molecule has 1 aliphatic rings. The van der Waals surface area contributed by atoms with Crippen LogP contribution in [-0.2, 0) is 11.0 Å². The Morgan fingerprint density at radius 2 is 1.94 bits per heavy atom. The van der Waals surface area contributed by atoms with Crippen molar-refractivity contribution in [1.29, 1.82) is 0 Å². The number of carbonyl (C=O) groups excluding carboxylic acids is 1. The molecule has 0 spiro atoms. The number of amides is 1. The van der Waals surface area contributed by atoms with Gasteiger partial charge in [-0.3, -0.25) is 4.79 Å². The topological polar surface area (TPSA) is 63.7 Å². The van der Waals surface area contributed by atoms with E-state index in [-0.39, 0.29) is 11.9 Å². The summed E-state index contributed by atoms with van der Waals surface area (Å²) < 4.78 is 49.3. The van der Waals surface area contributed by atoms with Crippen molar-refractivity contribution in [2.24, 2.45) is 5.92 Å². The molecule has 1 aliphatic heterocycles. The summed E-state index contributed by atoms with van der Waals surface area (Å²) >= 11 is 0. The predicted molar refractivity (Wildman–Crippen MR) is 125 cm³/mol. The number of aromatic nitrogens is 1. The minimum atomic E-state index is -4.40. The lowest BCUT2D eigenvalue weighted by molar-refractivity contribution is -0.137. The molecule has 0 atom stereocenters. The number of anilines is 1. The van der Waals surface area contributed by atoms with E-state index >= 15 is 0 Å². The van der Waals surface area contributed by atoms with Crippen LogP contribution in [0.4, 0.5) is 19.0 Å². The molecule has 1 fully saturated rings. The Bertz CT molecular complexity index is 983. The van der Waals surface area contributed by atoms with Crippen LogP contribution in [0.25, 0.3) is 6.08 Å². The average Bonchev–Trinajstić information content (AvgIpc) is 2.81. The number of alkyl halides is 3. The van der Waals surface area contributed by atoms with Crippen molar-refractivity contribution in [2.75, 3.05) is 31.7 Å². The summed E-state index contributed by atoms with van der Waals surface area (Å²) in [4.78, 5) is 18.3. The number of piperidine rings is 1. The van der Waals surface area contributed by atoms with Crippen LogP contribution in [0.2, 0.25) is 0 Å². The average molecular weight is 478 g/mol. The first kappa shape index (κ1) is 25.4. The molecule has 9 heteroatoms. The van der Waals surface area contributed by atoms with Crippen molar-refractivity contribution in [3.8, 4) is 11.5 Å². The Morgan fingerprint density at radius 1 is 1.21 bits per heavy atom. The number of pyridine rings is 1. The standard InChI is InChI=1S/C25H30F3N3O3/c1-17(2)16-34-21-7-4-18(14-22(21)33-3)5-9-24(32)30-20-10-12-31(13-11-20)23-8-6-19(15-29-23)25(26,27)28/h4-9,14-15,17,20H,10-13,16H2,1-3H3,(H,30,32)/b9-5+. The number of ether oxygens (including phenoxy) is 2. The van der Waals surface area contributed by atoms with Gasteiger partial charge in [0.25, 0.3) is 0 Å². The summed E-state index contributed by atoms with van der Waals surface area (Å²) in [6.07, 6.45) is 1.01. The molecule has 1 aromatic heterocycles. The van der Waals surface area contributed by atoms with Crippen molar-refractivity contribution in [3.63, 3.8) is 0 Å². The molecule has 0 aliphatic carbocycles. The summed E-state index contributed by atoms with van der Waals surface area (Å²) in [5.74, 6) is 1.96. The number of nitrogens with one attached hydrogen (secondary N) is 1. The van der Waals surface area contributed by atoms with Gasteiger partial charge in [-0.15, -0.1) is 0 Å². The highest BCUT2D eigenvalue weighted by Gasteiger charge is 2.31. The van der Waals surface area contributed by atoms with Gasteiger partial charge in [0.15, 0.2) is 11.5 Å². The molecule has 0 bridgehead atoms. The van der Waals surface area contributed by atoms with Crippen LogP contribution in [0.3, 0.4) is 0 Å². The second-order valence-electron chi connectivity index (χ2n) is 8.62. The zero-order valence-electron chi connectivity index (χ0n) is 19.6. The van der Waals surface area contributed by atoms with Gasteiger partial charge in [0, 0.05) is 31.4 Å². The van der Waals surface area contributed by atoms with E-state index in [2.05, 4.69) is 24.1 Å². The van der Waals surface area contributed by atoms with Gasteiger partial charge < -0.3 is 19.7 Å². The predicted octanol–water partition coefficient (Wildman–Crippen LogP) is 4.94. The molecule has 34 heavy (non-hydrogen) atoms. The molecule has 1 amide bonds. The van der Waals surface area contributed by atoms with Crippen LogP contribution < -0.4 is 19.7 Å². The molecule has 1 aromatic carbocycles.